The van der Waals surface area contributed by atoms with Crippen LogP contribution in [0.4, 0.5) is 0 Å². The fourth-order valence-corrected chi connectivity index (χ4v) is 1.69. The molecule has 0 atom stereocenters. The van der Waals surface area contributed by atoms with Crippen molar-refractivity contribution in [2.24, 2.45) is 12.8 Å². The largest absolute Gasteiger partial charge is 0.506 e. The summed E-state index contributed by atoms with van der Waals surface area (Å²) >= 11 is 0. The molecule has 0 amide bonds. The highest BCUT2D eigenvalue weighted by molar-refractivity contribution is 5.88. The molecule has 1 aromatic carbocycles. The molecule has 0 radical (unpaired) electrons. The van der Waals surface area contributed by atoms with Gasteiger partial charge in [0.1, 0.15) is 5.75 Å². The summed E-state index contributed by atoms with van der Waals surface area (Å²) in [6.45, 7) is 0.501. The molecule has 68 valence electrons. The summed E-state index contributed by atoms with van der Waals surface area (Å²) in [7, 11) is 1.90. The molecule has 3 nitrogen and oxygen atoms in total. The fraction of sp³-hybridized carbons (Fsp3) is 0.200. The number of hydrogen-bond acceptors (Lipinski definition) is 2. The Morgan fingerprint density at radius 3 is 2.92 bits per heavy atom. The van der Waals surface area contributed by atoms with Crippen LogP contribution in [-0.4, -0.2) is 9.67 Å². The molecule has 0 unspecified atom stereocenters. The molecule has 13 heavy (non-hydrogen) atoms. The lowest BCUT2D eigenvalue weighted by atomic mass is 10.2. The predicted octanol–water partition coefficient (Wildman–Crippen LogP) is 1.34. The Hall–Kier alpha value is -1.48. The summed E-state index contributed by atoms with van der Waals surface area (Å²) in [6, 6.07) is 5.48. The number of aromatic nitrogens is 1. The zero-order valence-electron chi connectivity index (χ0n) is 7.49. The lowest BCUT2D eigenvalue weighted by molar-refractivity contribution is 0.479. The van der Waals surface area contributed by atoms with Crippen LogP contribution in [0.15, 0.2) is 24.4 Å². The van der Waals surface area contributed by atoms with Crippen molar-refractivity contribution < 1.29 is 5.11 Å². The van der Waals surface area contributed by atoms with Crippen molar-refractivity contribution >= 4 is 10.9 Å². The molecule has 0 spiro atoms. The molecule has 0 saturated heterocycles. The highest BCUT2D eigenvalue weighted by Crippen LogP contribution is 2.27. The van der Waals surface area contributed by atoms with Gasteiger partial charge in [-0.3, -0.25) is 0 Å². The van der Waals surface area contributed by atoms with E-state index in [1.165, 1.54) is 0 Å². The summed E-state index contributed by atoms with van der Waals surface area (Å²) < 4.78 is 1.90. The molecule has 2 aromatic rings. The van der Waals surface area contributed by atoms with E-state index in [2.05, 4.69) is 0 Å². The second-order valence-electron chi connectivity index (χ2n) is 3.14. The monoisotopic (exact) mass is 176 g/mol. The van der Waals surface area contributed by atoms with Gasteiger partial charge in [0.15, 0.2) is 0 Å². The molecular formula is C10H12N2O. The second kappa shape index (κ2) is 2.78. The highest BCUT2D eigenvalue weighted by Gasteiger charge is 2.07. The van der Waals surface area contributed by atoms with Gasteiger partial charge in [-0.1, -0.05) is 12.1 Å². The Labute approximate surface area is 76.4 Å². The van der Waals surface area contributed by atoms with Crippen LogP contribution in [0, 0.1) is 0 Å². The minimum Gasteiger partial charge on any atom is -0.506 e. The number of rotatable bonds is 1. The summed E-state index contributed by atoms with van der Waals surface area (Å²) in [6.07, 6.45) is 1.95. The number of phenols is 1. The SMILES string of the molecule is Cn1cc(CN)c2cccc(O)c21. The van der Waals surface area contributed by atoms with E-state index in [0.717, 1.165) is 16.5 Å². The summed E-state index contributed by atoms with van der Waals surface area (Å²) in [4.78, 5) is 0. The molecule has 3 N–H and O–H groups in total. The third-order valence-corrected chi connectivity index (χ3v) is 2.28. The Morgan fingerprint density at radius 1 is 1.46 bits per heavy atom. The van der Waals surface area contributed by atoms with Gasteiger partial charge in [-0.15, -0.1) is 0 Å². The topological polar surface area (TPSA) is 51.2 Å². The number of fused-ring (bicyclic) bond motifs is 1. The number of aromatic hydroxyl groups is 1. The minimum absolute atomic E-state index is 0.305. The highest BCUT2D eigenvalue weighted by atomic mass is 16.3. The van der Waals surface area contributed by atoms with Gasteiger partial charge in [0.2, 0.25) is 0 Å². The molecule has 0 aliphatic rings. The number of aryl methyl sites for hydroxylation is 1. The van der Waals surface area contributed by atoms with E-state index in [1.54, 1.807) is 6.07 Å². The van der Waals surface area contributed by atoms with Gasteiger partial charge in [-0.05, 0) is 11.6 Å². The van der Waals surface area contributed by atoms with Gasteiger partial charge >= 0.3 is 0 Å². The van der Waals surface area contributed by atoms with Gasteiger partial charge in [0.25, 0.3) is 0 Å². The maximum atomic E-state index is 9.60. The smallest absolute Gasteiger partial charge is 0.139 e. The van der Waals surface area contributed by atoms with Crippen molar-refractivity contribution in [2.45, 2.75) is 6.54 Å². The molecule has 0 aliphatic heterocycles. The summed E-state index contributed by atoms with van der Waals surface area (Å²) in [5, 5.41) is 10.6. The average molecular weight is 176 g/mol. The lowest BCUT2D eigenvalue weighted by Crippen LogP contribution is -1.94. The molecule has 0 bridgehead atoms. The van der Waals surface area contributed by atoms with E-state index in [4.69, 9.17) is 5.73 Å². The van der Waals surface area contributed by atoms with Gasteiger partial charge in [-0.25, -0.2) is 0 Å². The lowest BCUT2D eigenvalue weighted by Gasteiger charge is -1.98. The molecule has 0 fully saturated rings. The first kappa shape index (κ1) is 8.13. The predicted molar refractivity (Wildman–Crippen MR) is 52.5 cm³/mol. The first-order valence-electron chi connectivity index (χ1n) is 4.20. The maximum absolute atomic E-state index is 9.60. The van der Waals surface area contributed by atoms with E-state index >= 15 is 0 Å². The van der Waals surface area contributed by atoms with Crippen LogP contribution in [-0.2, 0) is 13.6 Å². The van der Waals surface area contributed by atoms with Crippen molar-refractivity contribution in [1.82, 2.24) is 4.57 Å². The zero-order valence-corrected chi connectivity index (χ0v) is 7.49. The van der Waals surface area contributed by atoms with E-state index in [1.807, 2.05) is 29.9 Å². The molecule has 3 heteroatoms. The van der Waals surface area contributed by atoms with Crippen LogP contribution in [0.25, 0.3) is 10.9 Å². The average Bonchev–Trinajstić information content (AvgIpc) is 2.44. The zero-order chi connectivity index (χ0) is 9.42. The number of hydrogen-bond donors (Lipinski definition) is 2. The van der Waals surface area contributed by atoms with Gasteiger partial charge in [-0.2, -0.15) is 0 Å². The van der Waals surface area contributed by atoms with Gasteiger partial charge < -0.3 is 15.4 Å². The Morgan fingerprint density at radius 2 is 2.23 bits per heavy atom. The van der Waals surface area contributed by atoms with Crippen molar-refractivity contribution in [2.75, 3.05) is 0 Å². The van der Waals surface area contributed by atoms with Crippen LogP contribution < -0.4 is 5.73 Å². The first-order chi connectivity index (χ1) is 6.24. The van der Waals surface area contributed by atoms with Crippen molar-refractivity contribution in [3.63, 3.8) is 0 Å². The molecule has 0 aliphatic carbocycles. The van der Waals surface area contributed by atoms with Crippen LogP contribution in [0.1, 0.15) is 5.56 Å². The van der Waals surface area contributed by atoms with E-state index in [9.17, 15) is 5.11 Å². The van der Waals surface area contributed by atoms with Gasteiger partial charge in [0, 0.05) is 25.2 Å². The van der Waals surface area contributed by atoms with Crippen LogP contribution in [0.3, 0.4) is 0 Å². The summed E-state index contributed by atoms with van der Waals surface area (Å²) in [5.74, 6) is 0.305. The normalized spacial score (nSPS) is 10.9. The van der Waals surface area contributed by atoms with Crippen LogP contribution in [0.5, 0.6) is 5.75 Å². The molecular weight excluding hydrogens is 164 g/mol. The number of phenolic OH excluding ortho intramolecular Hbond substituents is 1. The van der Waals surface area contributed by atoms with Crippen LogP contribution >= 0.6 is 0 Å². The maximum Gasteiger partial charge on any atom is 0.139 e. The van der Waals surface area contributed by atoms with Crippen LogP contribution in [0.2, 0.25) is 0 Å². The van der Waals surface area contributed by atoms with Crippen molar-refractivity contribution in [1.29, 1.82) is 0 Å². The fourth-order valence-electron chi connectivity index (χ4n) is 1.69. The minimum atomic E-state index is 0.305. The quantitative estimate of drug-likeness (QED) is 0.689. The third kappa shape index (κ3) is 1.09. The molecule has 2 rings (SSSR count). The second-order valence-corrected chi connectivity index (χ2v) is 3.14. The molecule has 1 heterocycles. The van der Waals surface area contributed by atoms with Crippen molar-refractivity contribution in [3.8, 4) is 5.75 Å². The molecule has 0 saturated carbocycles. The van der Waals surface area contributed by atoms with Gasteiger partial charge in [0.05, 0.1) is 5.52 Å². The Bertz CT molecular complexity index is 445. The van der Waals surface area contributed by atoms with E-state index in [-0.39, 0.29) is 0 Å². The van der Waals surface area contributed by atoms with E-state index in [0.29, 0.717) is 12.3 Å². The van der Waals surface area contributed by atoms with E-state index < -0.39 is 0 Å². The number of para-hydroxylation sites is 1. The number of nitrogens with zero attached hydrogens (tertiary/aromatic N) is 1. The number of nitrogens with two attached hydrogens (primary N) is 1. The Kier molecular flexibility index (Phi) is 1.74. The number of benzene rings is 1. The summed E-state index contributed by atoms with van der Waals surface area (Å²) in [5.41, 5.74) is 7.50. The van der Waals surface area contributed by atoms with Crippen molar-refractivity contribution in [3.05, 3.63) is 30.0 Å². The Balaban J connectivity index is 2.87. The standard InChI is InChI=1S/C10H12N2O/c1-12-6-7(5-11)8-3-2-4-9(13)10(8)12/h2-4,6,13H,5,11H2,1H3. The third-order valence-electron chi connectivity index (χ3n) is 2.28. The first-order valence-corrected chi connectivity index (χ1v) is 4.20. The molecule has 1 aromatic heterocycles.